The summed E-state index contributed by atoms with van der Waals surface area (Å²) in [6, 6.07) is 14.4. The van der Waals surface area contributed by atoms with E-state index in [0.717, 1.165) is 0 Å². The van der Waals surface area contributed by atoms with Gasteiger partial charge in [-0.3, -0.25) is 0 Å². The van der Waals surface area contributed by atoms with Gasteiger partial charge < -0.3 is 24.1 Å². The van der Waals surface area contributed by atoms with Crippen LogP contribution in [-0.4, -0.2) is 31.7 Å². The summed E-state index contributed by atoms with van der Waals surface area (Å²) in [5.41, 5.74) is 0. The van der Waals surface area contributed by atoms with E-state index in [-0.39, 0.29) is 0 Å². The van der Waals surface area contributed by atoms with E-state index in [9.17, 15) is 5.11 Å². The maximum Gasteiger partial charge on any atom is 0.266 e. The van der Waals surface area contributed by atoms with Crippen LogP contribution in [0.4, 0.5) is 0 Å². The van der Waals surface area contributed by atoms with E-state index in [1.807, 2.05) is 24.3 Å². The summed E-state index contributed by atoms with van der Waals surface area (Å²) in [6.45, 7) is 1.59. The third-order valence-electron chi connectivity index (χ3n) is 3.02. The molecule has 1 N–H and O–H groups in total. The molecule has 1 atom stereocenters. The number of aliphatic hydroxyl groups is 1. The van der Waals surface area contributed by atoms with Crippen LogP contribution in [0.15, 0.2) is 48.5 Å². The molecule has 0 aromatic heterocycles. The Labute approximate surface area is 130 Å². The minimum absolute atomic E-state index is 0.491. The van der Waals surface area contributed by atoms with Crippen molar-refractivity contribution in [2.24, 2.45) is 0 Å². The van der Waals surface area contributed by atoms with Gasteiger partial charge in [-0.15, -0.1) is 0 Å². The molecule has 2 aromatic carbocycles. The molecule has 0 aliphatic heterocycles. The number of para-hydroxylation sites is 4. The second kappa shape index (κ2) is 7.56. The number of ether oxygens (including phenoxy) is 4. The van der Waals surface area contributed by atoms with E-state index in [4.69, 9.17) is 18.9 Å². The molecule has 5 heteroatoms. The molecule has 0 saturated heterocycles. The minimum atomic E-state index is -0.896. The predicted molar refractivity (Wildman–Crippen MR) is 82.7 cm³/mol. The summed E-state index contributed by atoms with van der Waals surface area (Å²) in [7, 11) is 3.11. The highest BCUT2D eigenvalue weighted by molar-refractivity contribution is 5.41. The Kier molecular flexibility index (Phi) is 5.49. The molecule has 0 amide bonds. The molecule has 0 heterocycles. The van der Waals surface area contributed by atoms with Crippen molar-refractivity contribution in [1.82, 2.24) is 0 Å². The third-order valence-corrected chi connectivity index (χ3v) is 3.02. The lowest BCUT2D eigenvalue weighted by Gasteiger charge is -2.24. The van der Waals surface area contributed by atoms with E-state index in [2.05, 4.69) is 0 Å². The van der Waals surface area contributed by atoms with Crippen LogP contribution in [0.2, 0.25) is 0 Å². The highest BCUT2D eigenvalue weighted by Crippen LogP contribution is 2.31. The molecule has 5 nitrogen and oxygen atoms in total. The van der Waals surface area contributed by atoms with Gasteiger partial charge in [-0.1, -0.05) is 24.3 Å². The smallest absolute Gasteiger partial charge is 0.266 e. The van der Waals surface area contributed by atoms with Gasteiger partial charge in [0.15, 0.2) is 23.0 Å². The summed E-state index contributed by atoms with van der Waals surface area (Å²) in [5, 5.41) is 9.93. The molecule has 118 valence electrons. The molecule has 0 spiro atoms. The lowest BCUT2D eigenvalue weighted by atomic mass is 10.3. The Bertz CT molecular complexity index is 548. The average molecular weight is 304 g/mol. The number of hydrogen-bond acceptors (Lipinski definition) is 5. The zero-order valence-electron chi connectivity index (χ0n) is 12.9. The zero-order valence-corrected chi connectivity index (χ0v) is 12.9. The first kappa shape index (κ1) is 16.0. The van der Waals surface area contributed by atoms with E-state index >= 15 is 0 Å². The highest BCUT2D eigenvalue weighted by atomic mass is 16.7. The molecule has 0 radical (unpaired) electrons. The number of aliphatic hydroxyl groups excluding tert-OH is 1. The standard InChI is InChI=1S/C17H20O5/c1-12(18)17(21-15-10-6-4-8-13(15)19-2)22-16-11-7-5-9-14(16)20-3/h4-12,17-18H,1-3H3. The quantitative estimate of drug-likeness (QED) is 0.797. The van der Waals surface area contributed by atoms with Crippen molar-refractivity contribution in [3.8, 4) is 23.0 Å². The largest absolute Gasteiger partial charge is 0.493 e. The molecule has 0 aliphatic carbocycles. The summed E-state index contributed by atoms with van der Waals surface area (Å²) < 4.78 is 22.0. The second-order valence-corrected chi connectivity index (χ2v) is 4.65. The van der Waals surface area contributed by atoms with Crippen LogP contribution in [0.25, 0.3) is 0 Å². The van der Waals surface area contributed by atoms with Gasteiger partial charge in [0.05, 0.1) is 14.2 Å². The van der Waals surface area contributed by atoms with E-state index in [1.54, 1.807) is 45.4 Å². The van der Waals surface area contributed by atoms with Crippen LogP contribution in [0.5, 0.6) is 23.0 Å². The van der Waals surface area contributed by atoms with Crippen LogP contribution < -0.4 is 18.9 Å². The number of rotatable bonds is 7. The normalized spacial score (nSPS) is 11.9. The average Bonchev–Trinajstić information content (AvgIpc) is 2.55. The maximum absolute atomic E-state index is 9.93. The van der Waals surface area contributed by atoms with Crippen LogP contribution in [-0.2, 0) is 0 Å². The predicted octanol–water partition coefficient (Wildman–Crippen LogP) is 2.87. The van der Waals surface area contributed by atoms with Gasteiger partial charge in [0.2, 0.25) is 0 Å². The van der Waals surface area contributed by atoms with Crippen LogP contribution in [0.1, 0.15) is 6.92 Å². The van der Waals surface area contributed by atoms with E-state index in [1.165, 1.54) is 0 Å². The Balaban J connectivity index is 2.20. The molecule has 2 aromatic rings. The first-order valence-electron chi connectivity index (χ1n) is 6.93. The van der Waals surface area contributed by atoms with E-state index in [0.29, 0.717) is 23.0 Å². The molecule has 0 saturated carbocycles. The van der Waals surface area contributed by atoms with Crippen molar-refractivity contribution < 1.29 is 24.1 Å². The second-order valence-electron chi connectivity index (χ2n) is 4.65. The summed E-state index contributed by atoms with van der Waals surface area (Å²) in [6.07, 6.45) is -1.75. The Morgan fingerprint density at radius 3 is 1.41 bits per heavy atom. The number of benzene rings is 2. The van der Waals surface area contributed by atoms with Crippen LogP contribution in [0, 0.1) is 0 Å². The molecule has 22 heavy (non-hydrogen) atoms. The first-order chi connectivity index (χ1) is 10.7. The van der Waals surface area contributed by atoms with Crippen LogP contribution >= 0.6 is 0 Å². The molecule has 2 rings (SSSR count). The fourth-order valence-electron chi connectivity index (χ4n) is 1.90. The van der Waals surface area contributed by atoms with Gasteiger partial charge in [0.1, 0.15) is 6.10 Å². The van der Waals surface area contributed by atoms with E-state index < -0.39 is 12.4 Å². The molecular weight excluding hydrogens is 284 g/mol. The molecular formula is C17H20O5. The minimum Gasteiger partial charge on any atom is -0.493 e. The summed E-state index contributed by atoms with van der Waals surface area (Å²) >= 11 is 0. The molecule has 0 bridgehead atoms. The van der Waals surface area contributed by atoms with Crippen molar-refractivity contribution in [3.63, 3.8) is 0 Å². The van der Waals surface area contributed by atoms with Crippen molar-refractivity contribution in [2.75, 3.05) is 14.2 Å². The molecule has 1 unspecified atom stereocenters. The lowest BCUT2D eigenvalue weighted by Crippen LogP contribution is -2.35. The number of hydrogen-bond donors (Lipinski definition) is 1. The Hall–Kier alpha value is -2.40. The Morgan fingerprint density at radius 1 is 0.727 bits per heavy atom. The summed E-state index contributed by atoms with van der Waals surface area (Å²) in [5.74, 6) is 2.12. The van der Waals surface area contributed by atoms with Gasteiger partial charge in [-0.2, -0.15) is 0 Å². The van der Waals surface area contributed by atoms with Gasteiger partial charge in [-0.05, 0) is 31.2 Å². The summed E-state index contributed by atoms with van der Waals surface area (Å²) in [4.78, 5) is 0. The molecule has 0 aliphatic rings. The Morgan fingerprint density at radius 2 is 1.09 bits per heavy atom. The fraction of sp³-hybridized carbons (Fsp3) is 0.294. The highest BCUT2D eigenvalue weighted by Gasteiger charge is 2.22. The topological polar surface area (TPSA) is 57.2 Å². The lowest BCUT2D eigenvalue weighted by molar-refractivity contribution is -0.0795. The van der Waals surface area contributed by atoms with Gasteiger partial charge >= 0.3 is 0 Å². The molecule has 0 fully saturated rings. The SMILES string of the molecule is COc1ccccc1OC(Oc1ccccc1OC)C(C)O. The van der Waals surface area contributed by atoms with Crippen molar-refractivity contribution in [1.29, 1.82) is 0 Å². The maximum atomic E-state index is 9.93. The van der Waals surface area contributed by atoms with Crippen molar-refractivity contribution >= 4 is 0 Å². The van der Waals surface area contributed by atoms with Gasteiger partial charge in [-0.25, -0.2) is 0 Å². The first-order valence-corrected chi connectivity index (χ1v) is 6.93. The van der Waals surface area contributed by atoms with Crippen molar-refractivity contribution in [2.45, 2.75) is 19.3 Å². The zero-order chi connectivity index (χ0) is 15.9. The van der Waals surface area contributed by atoms with Crippen LogP contribution in [0.3, 0.4) is 0 Å². The van der Waals surface area contributed by atoms with Gasteiger partial charge in [0.25, 0.3) is 6.29 Å². The fourth-order valence-corrected chi connectivity index (χ4v) is 1.90. The van der Waals surface area contributed by atoms with Gasteiger partial charge in [0, 0.05) is 0 Å². The number of methoxy groups -OCH3 is 2. The monoisotopic (exact) mass is 304 g/mol. The third kappa shape index (κ3) is 3.83. The van der Waals surface area contributed by atoms with Crippen molar-refractivity contribution in [3.05, 3.63) is 48.5 Å².